The molecule has 0 atom stereocenters. The minimum absolute atomic E-state index is 0.490. The molecule has 18 heavy (non-hydrogen) atoms. The SMILES string of the molecule is C=Cc1cc2ccccc2c(CCl)c1C=C.CC. The van der Waals surface area contributed by atoms with Crippen molar-refractivity contribution in [3.63, 3.8) is 0 Å². The standard InChI is InChI=1S/C15H13Cl.C2H6/c1-3-11-9-12-7-5-6-8-14(12)15(10-16)13(11)4-2;1-2/h3-9H,1-2,10H2;1-2H3. The van der Waals surface area contributed by atoms with Crippen LogP contribution in [0.5, 0.6) is 0 Å². The van der Waals surface area contributed by atoms with Gasteiger partial charge in [0.05, 0.1) is 0 Å². The Balaban J connectivity index is 0.000000771. The second-order valence-electron chi connectivity index (χ2n) is 3.62. The van der Waals surface area contributed by atoms with Gasteiger partial charge in [-0.15, -0.1) is 11.6 Å². The van der Waals surface area contributed by atoms with E-state index in [0.29, 0.717) is 5.88 Å². The molecule has 0 aliphatic rings. The summed E-state index contributed by atoms with van der Waals surface area (Å²) in [6, 6.07) is 10.4. The smallest absolute Gasteiger partial charge is 0.0486 e. The van der Waals surface area contributed by atoms with Crippen molar-refractivity contribution in [2.75, 3.05) is 0 Å². The van der Waals surface area contributed by atoms with Crippen LogP contribution in [0, 0.1) is 0 Å². The Morgan fingerprint density at radius 2 is 1.78 bits per heavy atom. The second kappa shape index (κ2) is 7.03. The molecule has 0 nitrogen and oxygen atoms in total. The zero-order valence-electron chi connectivity index (χ0n) is 11.0. The van der Waals surface area contributed by atoms with Crippen molar-refractivity contribution in [2.24, 2.45) is 0 Å². The summed E-state index contributed by atoms with van der Waals surface area (Å²) < 4.78 is 0. The summed E-state index contributed by atoms with van der Waals surface area (Å²) in [5.74, 6) is 0.490. The van der Waals surface area contributed by atoms with E-state index in [-0.39, 0.29) is 0 Å². The maximum absolute atomic E-state index is 6.04. The first-order valence-corrected chi connectivity index (χ1v) is 6.70. The van der Waals surface area contributed by atoms with Gasteiger partial charge in [-0.05, 0) is 33.5 Å². The highest BCUT2D eigenvalue weighted by Gasteiger charge is 2.08. The number of alkyl halides is 1. The highest BCUT2D eigenvalue weighted by Crippen LogP contribution is 2.28. The molecule has 0 fully saturated rings. The molecule has 0 unspecified atom stereocenters. The molecule has 2 aromatic rings. The van der Waals surface area contributed by atoms with Gasteiger partial charge in [0.15, 0.2) is 0 Å². The molecule has 0 N–H and O–H groups in total. The number of fused-ring (bicyclic) bond motifs is 1. The van der Waals surface area contributed by atoms with Crippen LogP contribution in [0.3, 0.4) is 0 Å². The van der Waals surface area contributed by atoms with Crippen LogP contribution in [-0.2, 0) is 5.88 Å². The van der Waals surface area contributed by atoms with E-state index in [2.05, 4.69) is 31.4 Å². The Kier molecular flexibility index (Phi) is 5.67. The van der Waals surface area contributed by atoms with Gasteiger partial charge in [0.25, 0.3) is 0 Å². The largest absolute Gasteiger partial charge is 0.122 e. The second-order valence-corrected chi connectivity index (χ2v) is 3.89. The van der Waals surface area contributed by atoms with Crippen LogP contribution >= 0.6 is 11.6 Å². The van der Waals surface area contributed by atoms with Crippen LogP contribution < -0.4 is 0 Å². The molecule has 0 heterocycles. The first kappa shape index (κ1) is 14.5. The quantitative estimate of drug-likeness (QED) is 0.602. The topological polar surface area (TPSA) is 0 Å². The first-order valence-electron chi connectivity index (χ1n) is 6.17. The van der Waals surface area contributed by atoms with Crippen molar-refractivity contribution in [2.45, 2.75) is 19.7 Å². The molecule has 1 heteroatoms. The Hall–Kier alpha value is -1.53. The number of hydrogen-bond donors (Lipinski definition) is 0. The third-order valence-corrected chi connectivity index (χ3v) is 3.06. The maximum Gasteiger partial charge on any atom is 0.0486 e. The predicted molar refractivity (Wildman–Crippen MR) is 85.0 cm³/mol. The van der Waals surface area contributed by atoms with Crippen LogP contribution in [-0.4, -0.2) is 0 Å². The molecule has 0 spiro atoms. The Morgan fingerprint density at radius 3 is 2.33 bits per heavy atom. The van der Waals surface area contributed by atoms with Gasteiger partial charge in [-0.25, -0.2) is 0 Å². The van der Waals surface area contributed by atoms with Gasteiger partial charge in [0, 0.05) is 5.88 Å². The summed E-state index contributed by atoms with van der Waals surface area (Å²) in [5.41, 5.74) is 3.30. The van der Waals surface area contributed by atoms with Gasteiger partial charge < -0.3 is 0 Å². The number of rotatable bonds is 3. The fourth-order valence-electron chi connectivity index (χ4n) is 2.02. The van der Waals surface area contributed by atoms with E-state index < -0.39 is 0 Å². The van der Waals surface area contributed by atoms with E-state index in [1.807, 2.05) is 38.1 Å². The summed E-state index contributed by atoms with van der Waals surface area (Å²) in [6.45, 7) is 11.7. The normalized spacial score (nSPS) is 9.50. The van der Waals surface area contributed by atoms with Crippen LogP contribution in [0.4, 0.5) is 0 Å². The average Bonchev–Trinajstić information content (AvgIpc) is 2.46. The molecule has 0 aromatic heterocycles. The van der Waals surface area contributed by atoms with Gasteiger partial charge in [0.1, 0.15) is 0 Å². The molecule has 0 radical (unpaired) electrons. The van der Waals surface area contributed by atoms with Gasteiger partial charge >= 0.3 is 0 Å². The average molecular weight is 259 g/mol. The van der Waals surface area contributed by atoms with Crippen molar-refractivity contribution in [3.8, 4) is 0 Å². The Morgan fingerprint density at radius 1 is 1.11 bits per heavy atom. The zero-order valence-corrected chi connectivity index (χ0v) is 11.8. The minimum atomic E-state index is 0.490. The lowest BCUT2D eigenvalue weighted by Gasteiger charge is -2.11. The van der Waals surface area contributed by atoms with E-state index in [9.17, 15) is 0 Å². The summed E-state index contributed by atoms with van der Waals surface area (Å²) in [4.78, 5) is 0. The lowest BCUT2D eigenvalue weighted by molar-refractivity contribution is 1.42. The van der Waals surface area contributed by atoms with E-state index in [1.54, 1.807) is 0 Å². The highest BCUT2D eigenvalue weighted by atomic mass is 35.5. The summed E-state index contributed by atoms with van der Waals surface area (Å²) >= 11 is 6.04. The van der Waals surface area contributed by atoms with Crippen molar-refractivity contribution < 1.29 is 0 Å². The van der Waals surface area contributed by atoms with E-state index >= 15 is 0 Å². The minimum Gasteiger partial charge on any atom is -0.122 e. The van der Waals surface area contributed by atoms with Crippen LogP contribution in [0.2, 0.25) is 0 Å². The van der Waals surface area contributed by atoms with E-state index in [1.165, 1.54) is 10.8 Å². The summed E-state index contributed by atoms with van der Waals surface area (Å²) in [5, 5.41) is 2.39. The fraction of sp³-hybridized carbons (Fsp3) is 0.176. The summed E-state index contributed by atoms with van der Waals surface area (Å²) in [7, 11) is 0. The van der Waals surface area contributed by atoms with Gasteiger partial charge in [-0.2, -0.15) is 0 Å². The van der Waals surface area contributed by atoms with Crippen molar-refractivity contribution >= 4 is 34.5 Å². The van der Waals surface area contributed by atoms with Crippen LogP contribution in [0.15, 0.2) is 43.5 Å². The van der Waals surface area contributed by atoms with E-state index in [4.69, 9.17) is 11.6 Å². The molecule has 94 valence electrons. The van der Waals surface area contributed by atoms with Crippen LogP contribution in [0.25, 0.3) is 22.9 Å². The molecular weight excluding hydrogens is 240 g/mol. The van der Waals surface area contributed by atoms with Crippen molar-refractivity contribution in [1.82, 2.24) is 0 Å². The lowest BCUT2D eigenvalue weighted by Crippen LogP contribution is -1.91. The van der Waals surface area contributed by atoms with E-state index in [0.717, 1.165) is 16.7 Å². The molecule has 0 aliphatic carbocycles. The molecule has 2 rings (SSSR count). The number of hydrogen-bond acceptors (Lipinski definition) is 0. The molecule has 0 amide bonds. The molecular formula is C17H19Cl. The predicted octanol–water partition coefficient (Wildman–Crippen LogP) is 5.89. The van der Waals surface area contributed by atoms with Gasteiger partial charge in [-0.3, -0.25) is 0 Å². The highest BCUT2D eigenvalue weighted by molar-refractivity contribution is 6.18. The number of halogens is 1. The molecule has 0 saturated heterocycles. The lowest BCUT2D eigenvalue weighted by atomic mass is 9.95. The maximum atomic E-state index is 6.04. The third-order valence-electron chi connectivity index (χ3n) is 2.79. The molecule has 0 saturated carbocycles. The Labute approximate surface area is 115 Å². The first-order chi connectivity index (χ1) is 8.81. The van der Waals surface area contributed by atoms with Crippen molar-refractivity contribution in [1.29, 1.82) is 0 Å². The third kappa shape index (κ3) is 2.65. The van der Waals surface area contributed by atoms with Gasteiger partial charge in [-0.1, -0.05) is 63.4 Å². The number of benzene rings is 2. The molecule has 0 bridgehead atoms. The molecule has 0 aliphatic heterocycles. The Bertz CT molecular complexity index is 553. The molecule has 2 aromatic carbocycles. The fourth-order valence-corrected chi connectivity index (χ4v) is 2.30. The van der Waals surface area contributed by atoms with Crippen LogP contribution in [0.1, 0.15) is 30.5 Å². The summed E-state index contributed by atoms with van der Waals surface area (Å²) in [6.07, 6.45) is 3.70. The van der Waals surface area contributed by atoms with Gasteiger partial charge in [0.2, 0.25) is 0 Å². The zero-order chi connectivity index (χ0) is 13.5. The monoisotopic (exact) mass is 258 g/mol. The van der Waals surface area contributed by atoms with Crippen molar-refractivity contribution in [3.05, 3.63) is 60.2 Å².